The van der Waals surface area contributed by atoms with Gasteiger partial charge in [-0.15, -0.1) is 0 Å². The van der Waals surface area contributed by atoms with Gasteiger partial charge in [0.15, 0.2) is 0 Å². The third-order valence-electron chi connectivity index (χ3n) is 2.59. The molecule has 1 aromatic rings. The molecule has 0 spiro atoms. The molecule has 0 aliphatic carbocycles. The van der Waals surface area contributed by atoms with Crippen molar-refractivity contribution in [2.75, 3.05) is 11.4 Å². The molecule has 1 saturated heterocycles. The van der Waals surface area contributed by atoms with Gasteiger partial charge in [-0.1, -0.05) is 25.1 Å². The van der Waals surface area contributed by atoms with Crippen molar-refractivity contribution in [1.82, 2.24) is 5.32 Å². The zero-order valence-electron chi connectivity index (χ0n) is 9.14. The number of nitrogens with zero attached hydrogens (tertiary/aromatic N) is 1. The Balaban J connectivity index is 2.31. The van der Waals surface area contributed by atoms with E-state index in [0.29, 0.717) is 18.7 Å². The number of urea groups is 1. The fraction of sp³-hybridized carbons (Fsp3) is 0.333. The Labute approximate surface area is 94.2 Å². The molecular weight excluding hydrogens is 204 g/mol. The maximum atomic E-state index is 11.9. The van der Waals surface area contributed by atoms with Gasteiger partial charge < -0.3 is 5.32 Å². The SMILES string of the molecule is CC1CNC(=O)N(c2ccccc2)C(=O)C1. The Hall–Kier alpha value is -1.84. The molecule has 0 bridgehead atoms. The summed E-state index contributed by atoms with van der Waals surface area (Å²) in [6, 6.07) is 8.65. The summed E-state index contributed by atoms with van der Waals surface area (Å²) < 4.78 is 0. The largest absolute Gasteiger partial charge is 0.337 e. The van der Waals surface area contributed by atoms with Gasteiger partial charge >= 0.3 is 6.03 Å². The summed E-state index contributed by atoms with van der Waals surface area (Å²) in [5.74, 6) is 0.0406. The van der Waals surface area contributed by atoms with Crippen LogP contribution in [0, 0.1) is 5.92 Å². The van der Waals surface area contributed by atoms with Crippen LogP contribution in [0.15, 0.2) is 30.3 Å². The molecule has 0 aromatic heterocycles. The van der Waals surface area contributed by atoms with Crippen LogP contribution in [0.1, 0.15) is 13.3 Å². The topological polar surface area (TPSA) is 49.4 Å². The van der Waals surface area contributed by atoms with Crippen molar-refractivity contribution in [3.63, 3.8) is 0 Å². The molecule has 3 amide bonds. The van der Waals surface area contributed by atoms with Crippen molar-refractivity contribution in [2.45, 2.75) is 13.3 Å². The maximum Gasteiger partial charge on any atom is 0.328 e. The minimum Gasteiger partial charge on any atom is -0.337 e. The highest BCUT2D eigenvalue weighted by atomic mass is 16.2. The zero-order valence-corrected chi connectivity index (χ0v) is 9.14. The van der Waals surface area contributed by atoms with E-state index in [0.717, 1.165) is 0 Å². The lowest BCUT2D eigenvalue weighted by atomic mass is 10.1. The Morgan fingerprint density at radius 3 is 2.62 bits per heavy atom. The monoisotopic (exact) mass is 218 g/mol. The van der Waals surface area contributed by atoms with Crippen molar-refractivity contribution >= 4 is 17.6 Å². The Morgan fingerprint density at radius 1 is 1.25 bits per heavy atom. The lowest BCUT2D eigenvalue weighted by Gasteiger charge is -2.18. The molecular formula is C12H14N2O2. The summed E-state index contributed by atoms with van der Waals surface area (Å²) in [5.41, 5.74) is 0.624. The second-order valence-corrected chi connectivity index (χ2v) is 4.06. The van der Waals surface area contributed by atoms with Crippen molar-refractivity contribution in [1.29, 1.82) is 0 Å². The highest BCUT2D eigenvalue weighted by Gasteiger charge is 2.28. The molecule has 1 heterocycles. The number of carbonyl (C=O) groups excluding carboxylic acids is 2. The average molecular weight is 218 g/mol. The second kappa shape index (κ2) is 4.35. The van der Waals surface area contributed by atoms with Crippen LogP contribution in [-0.4, -0.2) is 18.5 Å². The molecule has 4 nitrogen and oxygen atoms in total. The third-order valence-corrected chi connectivity index (χ3v) is 2.59. The Bertz CT molecular complexity index is 403. The molecule has 0 radical (unpaired) electrons. The number of nitrogens with one attached hydrogen (secondary N) is 1. The number of anilines is 1. The van der Waals surface area contributed by atoms with Crippen molar-refractivity contribution in [3.05, 3.63) is 30.3 Å². The van der Waals surface area contributed by atoms with Gasteiger partial charge in [-0.2, -0.15) is 0 Å². The van der Waals surface area contributed by atoms with E-state index in [1.807, 2.05) is 25.1 Å². The molecule has 0 saturated carbocycles. The predicted molar refractivity (Wildman–Crippen MR) is 61.1 cm³/mol. The van der Waals surface area contributed by atoms with E-state index < -0.39 is 0 Å². The summed E-state index contributed by atoms with van der Waals surface area (Å²) in [6.45, 7) is 2.50. The first kappa shape index (κ1) is 10.7. The number of rotatable bonds is 1. The molecule has 1 N–H and O–H groups in total. The highest BCUT2D eigenvalue weighted by molar-refractivity contribution is 6.14. The molecule has 1 fully saturated rings. The summed E-state index contributed by atoms with van der Waals surface area (Å²) >= 11 is 0. The summed E-state index contributed by atoms with van der Waals surface area (Å²) in [4.78, 5) is 24.9. The van der Waals surface area contributed by atoms with E-state index in [2.05, 4.69) is 5.32 Å². The molecule has 1 atom stereocenters. The van der Waals surface area contributed by atoms with Gasteiger partial charge in [0.25, 0.3) is 0 Å². The minimum atomic E-state index is -0.333. The molecule has 1 aromatic carbocycles. The zero-order chi connectivity index (χ0) is 11.5. The van der Waals surface area contributed by atoms with Gasteiger partial charge in [-0.3, -0.25) is 4.79 Å². The summed E-state index contributed by atoms with van der Waals surface area (Å²) in [6.07, 6.45) is 0.396. The average Bonchev–Trinajstić information content (AvgIpc) is 2.39. The molecule has 1 aliphatic heterocycles. The van der Waals surface area contributed by atoms with Gasteiger partial charge in [0.1, 0.15) is 0 Å². The fourth-order valence-corrected chi connectivity index (χ4v) is 1.75. The van der Waals surface area contributed by atoms with E-state index in [1.165, 1.54) is 4.90 Å². The number of benzene rings is 1. The third kappa shape index (κ3) is 2.05. The van der Waals surface area contributed by atoms with E-state index in [1.54, 1.807) is 12.1 Å². The fourth-order valence-electron chi connectivity index (χ4n) is 1.75. The summed E-state index contributed by atoms with van der Waals surface area (Å²) in [7, 11) is 0. The van der Waals surface area contributed by atoms with Gasteiger partial charge in [0, 0.05) is 13.0 Å². The van der Waals surface area contributed by atoms with Crippen molar-refractivity contribution < 1.29 is 9.59 Å². The van der Waals surface area contributed by atoms with E-state index >= 15 is 0 Å². The summed E-state index contributed by atoms with van der Waals surface area (Å²) in [5, 5.41) is 2.74. The van der Waals surface area contributed by atoms with Crippen LogP contribution in [0.5, 0.6) is 0 Å². The van der Waals surface area contributed by atoms with Gasteiger partial charge in [0.2, 0.25) is 5.91 Å². The lowest BCUT2D eigenvalue weighted by molar-refractivity contribution is -0.118. The van der Waals surface area contributed by atoms with Crippen LogP contribution < -0.4 is 10.2 Å². The number of para-hydroxylation sites is 1. The molecule has 1 aliphatic rings. The lowest BCUT2D eigenvalue weighted by Crippen LogP contribution is -2.41. The first-order valence-corrected chi connectivity index (χ1v) is 5.34. The Morgan fingerprint density at radius 2 is 1.94 bits per heavy atom. The first-order valence-electron chi connectivity index (χ1n) is 5.34. The molecule has 84 valence electrons. The van der Waals surface area contributed by atoms with Crippen LogP contribution in [0.4, 0.5) is 10.5 Å². The maximum absolute atomic E-state index is 11.9. The highest BCUT2D eigenvalue weighted by Crippen LogP contribution is 2.18. The number of hydrogen-bond acceptors (Lipinski definition) is 2. The standard InChI is InChI=1S/C12H14N2O2/c1-9-7-11(15)14(12(16)13-8-9)10-5-3-2-4-6-10/h2-6,9H,7-8H2,1H3,(H,13,16). The minimum absolute atomic E-state index is 0.145. The van der Waals surface area contributed by atoms with Crippen LogP contribution in [0.2, 0.25) is 0 Å². The molecule has 4 heteroatoms. The quantitative estimate of drug-likeness (QED) is 0.781. The van der Waals surface area contributed by atoms with Gasteiger partial charge in [-0.25, -0.2) is 9.69 Å². The molecule has 2 rings (SSSR count). The van der Waals surface area contributed by atoms with E-state index in [9.17, 15) is 9.59 Å². The normalized spacial score (nSPS) is 21.6. The van der Waals surface area contributed by atoms with Crippen molar-refractivity contribution in [3.8, 4) is 0 Å². The number of carbonyl (C=O) groups is 2. The van der Waals surface area contributed by atoms with E-state index in [4.69, 9.17) is 0 Å². The van der Waals surface area contributed by atoms with Gasteiger partial charge in [-0.05, 0) is 18.1 Å². The van der Waals surface area contributed by atoms with Crippen LogP contribution in [-0.2, 0) is 4.79 Å². The second-order valence-electron chi connectivity index (χ2n) is 4.06. The van der Waals surface area contributed by atoms with Gasteiger partial charge in [0.05, 0.1) is 5.69 Å². The first-order chi connectivity index (χ1) is 7.68. The van der Waals surface area contributed by atoms with E-state index in [-0.39, 0.29) is 17.9 Å². The van der Waals surface area contributed by atoms with Crippen LogP contribution in [0.25, 0.3) is 0 Å². The molecule has 16 heavy (non-hydrogen) atoms. The van der Waals surface area contributed by atoms with Crippen LogP contribution >= 0.6 is 0 Å². The van der Waals surface area contributed by atoms with Crippen LogP contribution in [0.3, 0.4) is 0 Å². The number of hydrogen-bond donors (Lipinski definition) is 1. The number of imide groups is 1. The van der Waals surface area contributed by atoms with Crippen molar-refractivity contribution in [2.24, 2.45) is 5.92 Å². The Kier molecular flexibility index (Phi) is 2.90. The smallest absolute Gasteiger partial charge is 0.328 e. The molecule has 1 unspecified atom stereocenters. The number of amides is 3. The predicted octanol–water partition coefficient (Wildman–Crippen LogP) is 1.77.